The zero-order valence-corrected chi connectivity index (χ0v) is 18.0. The number of nitrogens with zero attached hydrogens (tertiary/aromatic N) is 3. The molecule has 0 unspecified atom stereocenters. The Balaban J connectivity index is 1.40. The van der Waals surface area contributed by atoms with Gasteiger partial charge in [0.15, 0.2) is 0 Å². The smallest absolute Gasteiger partial charge is 0.223 e. The topological polar surface area (TPSA) is 68.7 Å². The Bertz CT molecular complexity index is 921. The van der Waals surface area contributed by atoms with Crippen molar-refractivity contribution in [1.29, 1.82) is 0 Å². The number of aromatic nitrogens is 2. The van der Waals surface area contributed by atoms with Crippen molar-refractivity contribution in [2.24, 2.45) is 0 Å². The number of anilines is 1. The van der Waals surface area contributed by atoms with Crippen LogP contribution in [0.25, 0.3) is 0 Å². The van der Waals surface area contributed by atoms with E-state index in [-0.39, 0.29) is 5.41 Å². The molecule has 0 radical (unpaired) electrons. The maximum atomic E-state index is 5.99. The number of benzene rings is 1. The Morgan fingerprint density at radius 2 is 2.00 bits per heavy atom. The third-order valence-electron chi connectivity index (χ3n) is 6.48. The fourth-order valence-electron chi connectivity index (χ4n) is 4.77. The van der Waals surface area contributed by atoms with Gasteiger partial charge in [-0.25, -0.2) is 9.97 Å². The molecule has 160 valence electrons. The molecular weight excluding hydrogens is 380 g/mol. The second kappa shape index (κ2) is 7.71. The van der Waals surface area contributed by atoms with Crippen molar-refractivity contribution in [3.63, 3.8) is 0 Å². The lowest BCUT2D eigenvalue weighted by molar-refractivity contribution is 0.0502. The Kier molecular flexibility index (Phi) is 5.03. The first-order valence-electron chi connectivity index (χ1n) is 10.7. The Labute approximate surface area is 177 Å². The lowest BCUT2D eigenvalue weighted by Crippen LogP contribution is -2.40. The van der Waals surface area contributed by atoms with E-state index >= 15 is 0 Å². The first-order chi connectivity index (χ1) is 14.6. The molecular formula is C23H30N4O3. The maximum absolute atomic E-state index is 5.99. The third-order valence-corrected chi connectivity index (χ3v) is 6.48. The molecule has 2 fully saturated rings. The Morgan fingerprint density at radius 1 is 1.23 bits per heavy atom. The van der Waals surface area contributed by atoms with Gasteiger partial charge >= 0.3 is 0 Å². The van der Waals surface area contributed by atoms with Crippen LogP contribution in [0, 0.1) is 6.92 Å². The monoisotopic (exact) mass is 410 g/mol. The van der Waals surface area contributed by atoms with Gasteiger partial charge in [0.1, 0.15) is 11.5 Å². The minimum Gasteiger partial charge on any atom is -0.496 e. The summed E-state index contributed by atoms with van der Waals surface area (Å²) < 4.78 is 17.3. The molecule has 1 saturated heterocycles. The maximum Gasteiger partial charge on any atom is 0.223 e. The number of hydrogen-bond donors (Lipinski definition) is 1. The van der Waals surface area contributed by atoms with Crippen LogP contribution in [0.2, 0.25) is 0 Å². The van der Waals surface area contributed by atoms with Gasteiger partial charge < -0.3 is 19.5 Å². The molecule has 1 atom stereocenters. The van der Waals surface area contributed by atoms with Gasteiger partial charge in [0.25, 0.3) is 0 Å². The highest BCUT2D eigenvalue weighted by atomic mass is 16.5. The summed E-state index contributed by atoms with van der Waals surface area (Å²) in [7, 11) is 3.44. The van der Waals surface area contributed by atoms with Crippen molar-refractivity contribution in [3.8, 4) is 11.5 Å². The molecule has 1 saturated carbocycles. The summed E-state index contributed by atoms with van der Waals surface area (Å²) in [5.74, 6) is 2.52. The van der Waals surface area contributed by atoms with Crippen molar-refractivity contribution in [3.05, 3.63) is 40.7 Å². The average molecular weight is 411 g/mol. The van der Waals surface area contributed by atoms with Crippen molar-refractivity contribution in [2.45, 2.75) is 50.8 Å². The quantitative estimate of drug-likeness (QED) is 0.785. The van der Waals surface area contributed by atoms with E-state index in [1.165, 1.54) is 12.8 Å². The number of methoxy groups -OCH3 is 2. The fraction of sp³-hybridized carbons (Fsp3) is 0.565. The standard InChI is InChI=1S/C23H30N4O3/c1-15-8-19(28-2)18(20(9-15)29-3)11-27-7-6-23(13-27)14-30-12-16-10-24-22(26-21(16)23)25-17-4-5-17/h8-10,17H,4-7,11-14H2,1-3H3,(H,24,25,26)/t23-/m0/s1. The van der Waals surface area contributed by atoms with Gasteiger partial charge in [-0.05, 0) is 50.4 Å². The van der Waals surface area contributed by atoms with E-state index in [0.717, 1.165) is 65.9 Å². The number of aryl methyl sites for hydroxylation is 1. The summed E-state index contributed by atoms with van der Waals surface area (Å²) >= 11 is 0. The summed E-state index contributed by atoms with van der Waals surface area (Å²) in [5, 5.41) is 3.45. The van der Waals surface area contributed by atoms with E-state index in [9.17, 15) is 0 Å². The van der Waals surface area contributed by atoms with Gasteiger partial charge in [0.05, 0.1) is 44.1 Å². The summed E-state index contributed by atoms with van der Waals surface area (Å²) in [6.07, 6.45) is 5.39. The molecule has 1 spiro atoms. The summed E-state index contributed by atoms with van der Waals surface area (Å²) in [5.41, 5.74) is 4.43. The Hall–Kier alpha value is -2.38. The number of likely N-dealkylation sites (tertiary alicyclic amines) is 1. The third kappa shape index (κ3) is 3.61. The fourth-order valence-corrected chi connectivity index (χ4v) is 4.77. The van der Waals surface area contributed by atoms with Gasteiger partial charge in [-0.3, -0.25) is 4.90 Å². The summed E-state index contributed by atoms with van der Waals surface area (Å²) in [4.78, 5) is 12.0. The molecule has 5 rings (SSSR count). The molecule has 1 N–H and O–H groups in total. The van der Waals surface area contributed by atoms with Gasteiger partial charge in [0, 0.05) is 30.9 Å². The molecule has 30 heavy (non-hydrogen) atoms. The van der Waals surface area contributed by atoms with E-state index in [4.69, 9.17) is 19.2 Å². The van der Waals surface area contributed by atoms with E-state index in [1.54, 1.807) is 14.2 Å². The largest absolute Gasteiger partial charge is 0.496 e. The molecule has 2 aromatic rings. The average Bonchev–Trinajstić information content (AvgIpc) is 3.48. The number of fused-ring (bicyclic) bond motifs is 2. The van der Waals surface area contributed by atoms with Crippen LogP contribution in [0.4, 0.5) is 5.95 Å². The second-order valence-corrected chi connectivity index (χ2v) is 8.87. The van der Waals surface area contributed by atoms with Gasteiger partial charge in [-0.15, -0.1) is 0 Å². The SMILES string of the molecule is COc1cc(C)cc(OC)c1CN1CC[C@@]2(COCc3cnc(NC4CC4)nc32)C1. The zero-order chi connectivity index (χ0) is 20.7. The van der Waals surface area contributed by atoms with Crippen LogP contribution in [0.15, 0.2) is 18.3 Å². The van der Waals surface area contributed by atoms with Crippen molar-refractivity contribution in [1.82, 2.24) is 14.9 Å². The van der Waals surface area contributed by atoms with Gasteiger partial charge in [-0.2, -0.15) is 0 Å². The molecule has 7 heteroatoms. The highest BCUT2D eigenvalue weighted by Gasteiger charge is 2.45. The zero-order valence-electron chi connectivity index (χ0n) is 18.0. The van der Waals surface area contributed by atoms with Crippen LogP contribution in [-0.4, -0.2) is 54.8 Å². The summed E-state index contributed by atoms with van der Waals surface area (Å²) in [6, 6.07) is 4.69. The highest BCUT2D eigenvalue weighted by molar-refractivity contribution is 5.48. The van der Waals surface area contributed by atoms with E-state index in [0.29, 0.717) is 19.3 Å². The van der Waals surface area contributed by atoms with Crippen LogP contribution in [0.5, 0.6) is 11.5 Å². The van der Waals surface area contributed by atoms with Crippen molar-refractivity contribution in [2.75, 3.05) is 39.2 Å². The molecule has 7 nitrogen and oxygen atoms in total. The number of rotatable bonds is 6. The van der Waals surface area contributed by atoms with Crippen LogP contribution in [-0.2, 0) is 23.3 Å². The molecule has 3 aliphatic rings. The van der Waals surface area contributed by atoms with Crippen LogP contribution in [0.3, 0.4) is 0 Å². The molecule has 1 aromatic carbocycles. The number of ether oxygens (including phenoxy) is 3. The van der Waals surface area contributed by atoms with Crippen LogP contribution < -0.4 is 14.8 Å². The van der Waals surface area contributed by atoms with Crippen molar-refractivity contribution >= 4 is 5.95 Å². The molecule has 1 aliphatic carbocycles. The van der Waals surface area contributed by atoms with E-state index < -0.39 is 0 Å². The Morgan fingerprint density at radius 3 is 2.70 bits per heavy atom. The lowest BCUT2D eigenvalue weighted by Gasteiger charge is -2.34. The minimum absolute atomic E-state index is 0.0817. The predicted octanol–water partition coefficient (Wildman–Crippen LogP) is 3.05. The first kappa shape index (κ1) is 19.6. The molecule has 2 aliphatic heterocycles. The molecule has 3 heterocycles. The van der Waals surface area contributed by atoms with Crippen molar-refractivity contribution < 1.29 is 14.2 Å². The molecule has 0 amide bonds. The lowest BCUT2D eigenvalue weighted by atomic mass is 9.80. The normalized spacial score (nSPS) is 23.4. The highest BCUT2D eigenvalue weighted by Crippen LogP contribution is 2.41. The van der Waals surface area contributed by atoms with Gasteiger partial charge in [0.2, 0.25) is 5.95 Å². The second-order valence-electron chi connectivity index (χ2n) is 8.87. The van der Waals surface area contributed by atoms with Crippen LogP contribution >= 0.6 is 0 Å². The molecule has 0 bridgehead atoms. The van der Waals surface area contributed by atoms with E-state index in [1.807, 2.05) is 6.20 Å². The van der Waals surface area contributed by atoms with Gasteiger partial charge in [-0.1, -0.05) is 0 Å². The first-order valence-corrected chi connectivity index (χ1v) is 10.7. The molecule has 1 aromatic heterocycles. The van der Waals surface area contributed by atoms with E-state index in [2.05, 4.69) is 34.3 Å². The number of hydrogen-bond acceptors (Lipinski definition) is 7. The summed E-state index contributed by atoms with van der Waals surface area (Å²) in [6.45, 7) is 6.03. The number of nitrogens with one attached hydrogen (secondary N) is 1. The minimum atomic E-state index is -0.0817. The predicted molar refractivity (Wildman–Crippen MR) is 114 cm³/mol. The van der Waals surface area contributed by atoms with Crippen LogP contribution in [0.1, 0.15) is 41.6 Å².